The number of aromatic nitrogens is 2. The van der Waals surface area contributed by atoms with E-state index in [2.05, 4.69) is 30.3 Å². The maximum atomic E-state index is 6.32. The van der Waals surface area contributed by atoms with Crippen LogP contribution in [0.5, 0.6) is 0 Å². The molecule has 2 rings (SSSR count). The van der Waals surface area contributed by atoms with Gasteiger partial charge in [0.05, 0.1) is 5.69 Å². The second-order valence-electron chi connectivity index (χ2n) is 5.17. The molecule has 1 aliphatic carbocycles. The summed E-state index contributed by atoms with van der Waals surface area (Å²) in [5.74, 6) is 0. The summed E-state index contributed by atoms with van der Waals surface area (Å²) in [6.07, 6.45) is 6.94. The first kappa shape index (κ1) is 12.9. The van der Waals surface area contributed by atoms with Gasteiger partial charge >= 0.3 is 0 Å². The Morgan fingerprint density at radius 1 is 1.47 bits per heavy atom. The Balaban J connectivity index is 1.84. The minimum atomic E-state index is 0.288. The van der Waals surface area contributed by atoms with E-state index < -0.39 is 0 Å². The highest BCUT2D eigenvalue weighted by atomic mass is 35.5. The molecule has 1 aromatic heterocycles. The molecule has 17 heavy (non-hydrogen) atoms. The lowest BCUT2D eigenvalue weighted by Crippen LogP contribution is -2.38. The molecule has 0 radical (unpaired) electrons. The van der Waals surface area contributed by atoms with Crippen LogP contribution in [0.4, 0.5) is 0 Å². The van der Waals surface area contributed by atoms with Gasteiger partial charge in [0, 0.05) is 30.2 Å². The first-order valence-electron chi connectivity index (χ1n) is 6.58. The quantitative estimate of drug-likeness (QED) is 0.838. The van der Waals surface area contributed by atoms with Gasteiger partial charge in [-0.1, -0.05) is 12.8 Å². The Bertz CT molecular complexity index is 348. The summed E-state index contributed by atoms with van der Waals surface area (Å²) in [6.45, 7) is 5.11. The van der Waals surface area contributed by atoms with E-state index in [1.54, 1.807) is 0 Å². The number of hydrogen-bond donors (Lipinski definition) is 1. The molecular formula is C13H22ClN3. The number of nitrogens with one attached hydrogen (secondary N) is 1. The maximum Gasteiger partial charge on any atom is 0.0762 e. The van der Waals surface area contributed by atoms with Crippen LogP contribution in [0.15, 0.2) is 12.3 Å². The van der Waals surface area contributed by atoms with E-state index in [0.717, 1.165) is 18.7 Å². The van der Waals surface area contributed by atoms with Gasteiger partial charge in [0.15, 0.2) is 0 Å². The van der Waals surface area contributed by atoms with Crippen molar-refractivity contribution in [2.45, 2.75) is 63.5 Å². The van der Waals surface area contributed by atoms with Crippen LogP contribution in [-0.2, 0) is 6.54 Å². The van der Waals surface area contributed by atoms with Crippen molar-refractivity contribution in [3.05, 3.63) is 18.0 Å². The van der Waals surface area contributed by atoms with Gasteiger partial charge in [-0.2, -0.15) is 5.10 Å². The fraction of sp³-hybridized carbons (Fsp3) is 0.769. The standard InChI is InChI=1S/C13H22ClN3/c1-10(2)17-8-7-11(16-17)9-15-13-6-4-3-5-12(13)14/h7-8,10,12-13,15H,3-6,9H2,1-2H3. The van der Waals surface area contributed by atoms with Crippen molar-refractivity contribution >= 4 is 11.6 Å². The van der Waals surface area contributed by atoms with Crippen molar-refractivity contribution < 1.29 is 0 Å². The van der Waals surface area contributed by atoms with Gasteiger partial charge in [-0.3, -0.25) is 4.68 Å². The molecule has 0 spiro atoms. The monoisotopic (exact) mass is 255 g/mol. The number of rotatable bonds is 4. The summed E-state index contributed by atoms with van der Waals surface area (Å²) >= 11 is 6.32. The molecule has 0 amide bonds. The molecule has 1 aliphatic rings. The fourth-order valence-electron chi connectivity index (χ4n) is 2.31. The van der Waals surface area contributed by atoms with Crippen LogP contribution < -0.4 is 5.32 Å². The summed E-state index contributed by atoms with van der Waals surface area (Å²) in [5.41, 5.74) is 1.10. The third-order valence-electron chi connectivity index (χ3n) is 3.42. The first-order chi connectivity index (χ1) is 8.16. The third kappa shape index (κ3) is 3.46. The third-order valence-corrected chi connectivity index (χ3v) is 3.94. The zero-order valence-corrected chi connectivity index (χ0v) is 11.5. The lowest BCUT2D eigenvalue weighted by atomic mass is 9.95. The molecule has 1 N–H and O–H groups in total. The molecule has 2 unspecified atom stereocenters. The minimum absolute atomic E-state index is 0.288. The molecule has 1 saturated carbocycles. The topological polar surface area (TPSA) is 29.9 Å². The smallest absolute Gasteiger partial charge is 0.0762 e. The Morgan fingerprint density at radius 3 is 2.88 bits per heavy atom. The molecule has 4 heteroatoms. The van der Waals surface area contributed by atoms with Crippen molar-refractivity contribution in [2.24, 2.45) is 0 Å². The van der Waals surface area contributed by atoms with Crippen LogP contribution in [0.25, 0.3) is 0 Å². The van der Waals surface area contributed by atoms with Gasteiger partial charge in [-0.05, 0) is 32.8 Å². The molecule has 0 bridgehead atoms. The normalized spacial score (nSPS) is 25.4. The predicted molar refractivity (Wildman–Crippen MR) is 71.3 cm³/mol. The molecule has 1 heterocycles. The van der Waals surface area contributed by atoms with Gasteiger partial charge in [-0.15, -0.1) is 11.6 Å². The lowest BCUT2D eigenvalue weighted by molar-refractivity contribution is 0.375. The Morgan fingerprint density at radius 2 is 2.24 bits per heavy atom. The number of alkyl halides is 1. The van der Waals surface area contributed by atoms with Crippen LogP contribution in [0, 0.1) is 0 Å². The maximum absolute atomic E-state index is 6.32. The summed E-state index contributed by atoms with van der Waals surface area (Å²) < 4.78 is 2.00. The van der Waals surface area contributed by atoms with Gasteiger partial charge in [0.1, 0.15) is 0 Å². The minimum Gasteiger partial charge on any atom is -0.307 e. The van der Waals surface area contributed by atoms with E-state index in [1.807, 2.05) is 10.9 Å². The van der Waals surface area contributed by atoms with Gasteiger partial charge in [0.2, 0.25) is 0 Å². The fourth-order valence-corrected chi connectivity index (χ4v) is 2.68. The average molecular weight is 256 g/mol. The highest BCUT2D eigenvalue weighted by molar-refractivity contribution is 6.21. The predicted octanol–water partition coefficient (Wildman–Crippen LogP) is 3.10. The SMILES string of the molecule is CC(C)n1ccc(CNC2CCCCC2Cl)n1. The van der Waals surface area contributed by atoms with Crippen LogP contribution in [0.1, 0.15) is 51.3 Å². The van der Waals surface area contributed by atoms with Crippen LogP contribution in [0.2, 0.25) is 0 Å². The second kappa shape index (κ2) is 5.87. The first-order valence-corrected chi connectivity index (χ1v) is 7.02. The summed E-state index contributed by atoms with van der Waals surface area (Å²) in [6, 6.07) is 2.97. The Labute approximate surface area is 109 Å². The Kier molecular flexibility index (Phi) is 4.46. The van der Waals surface area contributed by atoms with Crippen LogP contribution >= 0.6 is 11.6 Å². The van der Waals surface area contributed by atoms with E-state index in [9.17, 15) is 0 Å². The van der Waals surface area contributed by atoms with Gasteiger partial charge < -0.3 is 5.32 Å². The molecular weight excluding hydrogens is 234 g/mol. The number of hydrogen-bond acceptors (Lipinski definition) is 2. The van der Waals surface area contributed by atoms with Gasteiger partial charge in [0.25, 0.3) is 0 Å². The lowest BCUT2D eigenvalue weighted by Gasteiger charge is -2.27. The summed E-state index contributed by atoms with van der Waals surface area (Å²) in [5, 5.41) is 8.35. The van der Waals surface area contributed by atoms with Crippen LogP contribution in [-0.4, -0.2) is 21.2 Å². The van der Waals surface area contributed by atoms with E-state index in [0.29, 0.717) is 12.1 Å². The van der Waals surface area contributed by atoms with Gasteiger partial charge in [-0.25, -0.2) is 0 Å². The summed E-state index contributed by atoms with van der Waals surface area (Å²) in [7, 11) is 0. The molecule has 96 valence electrons. The largest absolute Gasteiger partial charge is 0.307 e. The van der Waals surface area contributed by atoms with Crippen LogP contribution in [0.3, 0.4) is 0 Å². The summed E-state index contributed by atoms with van der Waals surface area (Å²) in [4.78, 5) is 0. The van der Waals surface area contributed by atoms with E-state index in [-0.39, 0.29) is 5.38 Å². The van der Waals surface area contributed by atoms with E-state index in [4.69, 9.17) is 11.6 Å². The van der Waals surface area contributed by atoms with Crippen molar-refractivity contribution in [1.82, 2.24) is 15.1 Å². The molecule has 0 saturated heterocycles. The molecule has 1 fully saturated rings. The highest BCUT2D eigenvalue weighted by Crippen LogP contribution is 2.23. The molecule has 0 aromatic carbocycles. The molecule has 0 aliphatic heterocycles. The number of nitrogens with zero attached hydrogens (tertiary/aromatic N) is 2. The van der Waals surface area contributed by atoms with Crippen molar-refractivity contribution in [2.75, 3.05) is 0 Å². The van der Waals surface area contributed by atoms with Crippen molar-refractivity contribution in [3.63, 3.8) is 0 Å². The zero-order chi connectivity index (χ0) is 12.3. The molecule has 3 nitrogen and oxygen atoms in total. The number of halogens is 1. The molecule has 2 atom stereocenters. The van der Waals surface area contributed by atoms with E-state index >= 15 is 0 Å². The van der Waals surface area contributed by atoms with E-state index in [1.165, 1.54) is 19.3 Å². The Hall–Kier alpha value is -0.540. The molecule has 1 aromatic rings. The van der Waals surface area contributed by atoms with Crippen molar-refractivity contribution in [3.8, 4) is 0 Å². The highest BCUT2D eigenvalue weighted by Gasteiger charge is 2.22. The zero-order valence-electron chi connectivity index (χ0n) is 10.7. The van der Waals surface area contributed by atoms with Crippen molar-refractivity contribution in [1.29, 1.82) is 0 Å². The second-order valence-corrected chi connectivity index (χ2v) is 5.73. The average Bonchev–Trinajstić information content (AvgIpc) is 2.77.